The van der Waals surface area contributed by atoms with Crippen molar-refractivity contribution < 1.29 is 19.1 Å². The molecule has 0 heterocycles. The van der Waals surface area contributed by atoms with Gasteiger partial charge in [0, 0.05) is 12.8 Å². The summed E-state index contributed by atoms with van der Waals surface area (Å²) >= 11 is 0. The highest BCUT2D eigenvalue weighted by atomic mass is 16.5. The van der Waals surface area contributed by atoms with Gasteiger partial charge >= 0.3 is 5.97 Å². The summed E-state index contributed by atoms with van der Waals surface area (Å²) in [5, 5.41) is 2.72. The van der Waals surface area contributed by atoms with Gasteiger partial charge in [0.2, 0.25) is 0 Å². The highest BCUT2D eigenvalue weighted by Gasteiger charge is 2.19. The van der Waals surface area contributed by atoms with Crippen molar-refractivity contribution in [3.63, 3.8) is 0 Å². The van der Waals surface area contributed by atoms with E-state index in [-0.39, 0.29) is 5.91 Å². The van der Waals surface area contributed by atoms with E-state index in [9.17, 15) is 9.59 Å². The number of hydrogen-bond donors (Lipinski definition) is 1. The van der Waals surface area contributed by atoms with Crippen LogP contribution in [0.2, 0.25) is 0 Å². The Morgan fingerprint density at radius 1 is 1.04 bits per heavy atom. The van der Waals surface area contributed by atoms with Gasteiger partial charge in [0.25, 0.3) is 5.91 Å². The van der Waals surface area contributed by atoms with E-state index in [0.29, 0.717) is 17.9 Å². The molecule has 5 heteroatoms. The van der Waals surface area contributed by atoms with Crippen molar-refractivity contribution >= 4 is 17.6 Å². The van der Waals surface area contributed by atoms with Crippen LogP contribution in [0.5, 0.6) is 0 Å². The Kier molecular flexibility index (Phi) is 6.09. The highest BCUT2D eigenvalue weighted by Crippen LogP contribution is 2.11. The first-order chi connectivity index (χ1) is 11.5. The third kappa shape index (κ3) is 4.93. The standard InChI is InChI=1S/C19H21NO4/c1-13-4-10-17(11-5-13)20-18(21)14(2)24-19(22)16-8-6-15(7-9-16)12-23-3/h4-11,14H,12H2,1-3H3,(H,20,21)/t14-/m0/s1. The van der Waals surface area contributed by atoms with Crippen LogP contribution in [-0.4, -0.2) is 25.1 Å². The second-order valence-electron chi connectivity index (χ2n) is 5.53. The van der Waals surface area contributed by atoms with Crippen LogP contribution in [-0.2, 0) is 20.9 Å². The third-order valence-corrected chi connectivity index (χ3v) is 3.47. The molecule has 0 radical (unpaired) electrons. The number of methoxy groups -OCH3 is 1. The summed E-state index contributed by atoms with van der Waals surface area (Å²) in [6, 6.07) is 14.3. The lowest BCUT2D eigenvalue weighted by atomic mass is 10.1. The Balaban J connectivity index is 1.92. The average Bonchev–Trinajstić information content (AvgIpc) is 2.57. The molecule has 0 spiro atoms. The Hall–Kier alpha value is -2.66. The zero-order chi connectivity index (χ0) is 17.5. The van der Waals surface area contributed by atoms with Crippen molar-refractivity contribution in [2.75, 3.05) is 12.4 Å². The normalized spacial score (nSPS) is 11.6. The maximum atomic E-state index is 12.1. The van der Waals surface area contributed by atoms with Gasteiger partial charge in [-0.25, -0.2) is 4.79 Å². The number of aryl methyl sites for hydroxylation is 1. The first-order valence-electron chi connectivity index (χ1n) is 7.66. The second kappa shape index (κ2) is 8.26. The van der Waals surface area contributed by atoms with E-state index in [0.717, 1.165) is 11.1 Å². The minimum absolute atomic E-state index is 0.372. The summed E-state index contributed by atoms with van der Waals surface area (Å²) in [4.78, 5) is 24.2. The molecule has 0 fully saturated rings. The predicted molar refractivity (Wildman–Crippen MR) is 91.8 cm³/mol. The van der Waals surface area contributed by atoms with E-state index >= 15 is 0 Å². The molecule has 5 nitrogen and oxygen atoms in total. The molecule has 2 aromatic carbocycles. The van der Waals surface area contributed by atoms with Crippen molar-refractivity contribution in [1.29, 1.82) is 0 Å². The quantitative estimate of drug-likeness (QED) is 0.827. The third-order valence-electron chi connectivity index (χ3n) is 3.47. The van der Waals surface area contributed by atoms with Gasteiger partial charge in [0.15, 0.2) is 6.10 Å². The zero-order valence-corrected chi connectivity index (χ0v) is 14.0. The Labute approximate surface area is 141 Å². The fraction of sp³-hybridized carbons (Fsp3) is 0.263. The smallest absolute Gasteiger partial charge is 0.338 e. The summed E-state index contributed by atoms with van der Waals surface area (Å²) in [5.41, 5.74) is 3.12. The summed E-state index contributed by atoms with van der Waals surface area (Å²) in [6.07, 6.45) is -0.891. The lowest BCUT2D eigenvalue weighted by Crippen LogP contribution is -2.30. The van der Waals surface area contributed by atoms with Crippen LogP contribution in [0.15, 0.2) is 48.5 Å². The topological polar surface area (TPSA) is 64.6 Å². The number of carbonyl (C=O) groups is 2. The number of carbonyl (C=O) groups excluding carboxylic acids is 2. The fourth-order valence-corrected chi connectivity index (χ4v) is 2.07. The number of anilines is 1. The van der Waals surface area contributed by atoms with Crippen LogP contribution in [0.25, 0.3) is 0 Å². The van der Waals surface area contributed by atoms with Gasteiger partial charge in [-0.05, 0) is 43.7 Å². The van der Waals surface area contributed by atoms with Gasteiger partial charge in [-0.1, -0.05) is 29.8 Å². The summed E-state index contributed by atoms with van der Waals surface area (Å²) in [6.45, 7) is 3.99. The number of ether oxygens (including phenoxy) is 2. The molecule has 24 heavy (non-hydrogen) atoms. The first kappa shape index (κ1) is 17.7. The Bertz CT molecular complexity index is 692. The number of esters is 1. The largest absolute Gasteiger partial charge is 0.449 e. The average molecular weight is 327 g/mol. The molecule has 0 aliphatic heterocycles. The van der Waals surface area contributed by atoms with Crippen LogP contribution in [0.3, 0.4) is 0 Å². The second-order valence-corrected chi connectivity index (χ2v) is 5.53. The molecule has 1 N–H and O–H groups in total. The van der Waals surface area contributed by atoms with Gasteiger partial charge in [-0.2, -0.15) is 0 Å². The number of benzene rings is 2. The number of hydrogen-bond acceptors (Lipinski definition) is 4. The molecule has 0 unspecified atom stereocenters. The number of rotatable bonds is 6. The van der Waals surface area contributed by atoms with Crippen LogP contribution in [0, 0.1) is 6.92 Å². The molecule has 1 amide bonds. The van der Waals surface area contributed by atoms with Crippen molar-refractivity contribution in [2.45, 2.75) is 26.6 Å². The van der Waals surface area contributed by atoms with Gasteiger partial charge in [0.05, 0.1) is 12.2 Å². The van der Waals surface area contributed by atoms with Gasteiger partial charge < -0.3 is 14.8 Å². The number of amides is 1. The molecule has 2 aromatic rings. The molecule has 126 valence electrons. The van der Waals surface area contributed by atoms with E-state index in [1.165, 1.54) is 0 Å². The molecule has 0 saturated carbocycles. The summed E-state index contributed by atoms with van der Waals surface area (Å²) < 4.78 is 10.2. The Morgan fingerprint density at radius 2 is 1.67 bits per heavy atom. The lowest BCUT2D eigenvalue weighted by Gasteiger charge is -2.14. The van der Waals surface area contributed by atoms with Crippen molar-refractivity contribution in [1.82, 2.24) is 0 Å². The predicted octanol–water partition coefficient (Wildman–Crippen LogP) is 3.33. The molecule has 0 aromatic heterocycles. The minimum atomic E-state index is -0.891. The molecule has 1 atom stereocenters. The molecule has 0 aliphatic carbocycles. The molecular weight excluding hydrogens is 306 g/mol. The van der Waals surface area contributed by atoms with Crippen molar-refractivity contribution in [2.24, 2.45) is 0 Å². The van der Waals surface area contributed by atoms with Crippen molar-refractivity contribution in [3.05, 3.63) is 65.2 Å². The first-order valence-corrected chi connectivity index (χ1v) is 7.66. The van der Waals surface area contributed by atoms with Crippen LogP contribution in [0.4, 0.5) is 5.69 Å². The van der Waals surface area contributed by atoms with Gasteiger partial charge in [0.1, 0.15) is 0 Å². The van der Waals surface area contributed by atoms with Crippen LogP contribution in [0.1, 0.15) is 28.4 Å². The molecule has 0 aliphatic rings. The lowest BCUT2D eigenvalue weighted by molar-refractivity contribution is -0.123. The maximum Gasteiger partial charge on any atom is 0.338 e. The number of nitrogens with one attached hydrogen (secondary N) is 1. The fourth-order valence-electron chi connectivity index (χ4n) is 2.07. The Morgan fingerprint density at radius 3 is 2.25 bits per heavy atom. The van der Waals surface area contributed by atoms with E-state index in [1.54, 1.807) is 50.4 Å². The minimum Gasteiger partial charge on any atom is -0.449 e. The molecule has 0 saturated heterocycles. The zero-order valence-electron chi connectivity index (χ0n) is 14.0. The van der Waals surface area contributed by atoms with Crippen molar-refractivity contribution in [3.8, 4) is 0 Å². The van der Waals surface area contributed by atoms with E-state index in [4.69, 9.17) is 9.47 Å². The van der Waals surface area contributed by atoms with E-state index < -0.39 is 12.1 Å². The molecular formula is C19H21NO4. The summed E-state index contributed by atoms with van der Waals surface area (Å²) in [7, 11) is 1.61. The SMILES string of the molecule is COCc1ccc(C(=O)O[C@@H](C)C(=O)Nc2ccc(C)cc2)cc1. The molecule has 0 bridgehead atoms. The van der Waals surface area contributed by atoms with Crippen LogP contribution < -0.4 is 5.32 Å². The van der Waals surface area contributed by atoms with E-state index in [1.807, 2.05) is 19.1 Å². The van der Waals surface area contributed by atoms with Crippen LogP contribution >= 0.6 is 0 Å². The monoisotopic (exact) mass is 327 g/mol. The summed E-state index contributed by atoms with van der Waals surface area (Å²) in [5.74, 6) is -0.909. The molecule has 2 rings (SSSR count). The van der Waals surface area contributed by atoms with Gasteiger partial charge in [-0.15, -0.1) is 0 Å². The van der Waals surface area contributed by atoms with Gasteiger partial charge in [-0.3, -0.25) is 4.79 Å². The maximum absolute atomic E-state index is 12.1. The highest BCUT2D eigenvalue weighted by molar-refractivity contribution is 5.97. The van der Waals surface area contributed by atoms with E-state index in [2.05, 4.69) is 5.32 Å².